The van der Waals surface area contributed by atoms with Gasteiger partial charge in [-0.05, 0) is 12.8 Å². The predicted molar refractivity (Wildman–Crippen MR) is 46.3 cm³/mol. The van der Waals surface area contributed by atoms with E-state index in [1.54, 1.807) is 12.2 Å². The maximum Gasteiger partial charge on any atom is 0.0721 e. The van der Waals surface area contributed by atoms with Gasteiger partial charge in [0.1, 0.15) is 0 Å². The monoisotopic (exact) mass is 156 g/mol. The third-order valence-corrected chi connectivity index (χ3v) is 1.29. The number of aliphatic hydroxyl groups excluding tert-OH is 2. The Morgan fingerprint density at radius 2 is 2.09 bits per heavy atom. The standard InChI is InChI=1S/C9H16O2/c1-2-9(11)7-5-3-4-6-8-10/h3-5,7,9-11H,2,6,8H2,1H3/b4-3+,7-5+. The van der Waals surface area contributed by atoms with Crippen LogP contribution in [-0.4, -0.2) is 22.9 Å². The highest BCUT2D eigenvalue weighted by molar-refractivity contribution is 5.04. The van der Waals surface area contributed by atoms with Crippen molar-refractivity contribution in [2.24, 2.45) is 0 Å². The van der Waals surface area contributed by atoms with Gasteiger partial charge in [-0.15, -0.1) is 0 Å². The minimum absolute atomic E-state index is 0.181. The lowest BCUT2D eigenvalue weighted by Gasteiger charge is -1.96. The molecule has 2 heteroatoms. The molecule has 0 bridgehead atoms. The first-order valence-corrected chi connectivity index (χ1v) is 3.93. The van der Waals surface area contributed by atoms with E-state index >= 15 is 0 Å². The Labute approximate surface area is 67.9 Å². The minimum Gasteiger partial charge on any atom is -0.396 e. The highest BCUT2D eigenvalue weighted by atomic mass is 16.3. The summed E-state index contributed by atoms with van der Waals surface area (Å²) >= 11 is 0. The van der Waals surface area contributed by atoms with Gasteiger partial charge in [0, 0.05) is 6.61 Å². The van der Waals surface area contributed by atoms with Crippen molar-refractivity contribution in [2.75, 3.05) is 6.61 Å². The molecule has 0 radical (unpaired) electrons. The van der Waals surface area contributed by atoms with Gasteiger partial charge < -0.3 is 10.2 Å². The topological polar surface area (TPSA) is 40.5 Å². The van der Waals surface area contributed by atoms with E-state index in [2.05, 4.69) is 0 Å². The quantitative estimate of drug-likeness (QED) is 0.588. The van der Waals surface area contributed by atoms with Crippen molar-refractivity contribution in [2.45, 2.75) is 25.9 Å². The molecule has 64 valence electrons. The summed E-state index contributed by atoms with van der Waals surface area (Å²) in [5.74, 6) is 0. The summed E-state index contributed by atoms with van der Waals surface area (Å²) in [7, 11) is 0. The van der Waals surface area contributed by atoms with Crippen molar-refractivity contribution < 1.29 is 10.2 Å². The lowest BCUT2D eigenvalue weighted by Crippen LogP contribution is -1.97. The molecule has 0 aliphatic carbocycles. The molecule has 1 unspecified atom stereocenters. The number of rotatable bonds is 5. The smallest absolute Gasteiger partial charge is 0.0721 e. The molecule has 0 aromatic carbocycles. The third kappa shape index (κ3) is 7.30. The number of hydrogen-bond acceptors (Lipinski definition) is 2. The molecule has 0 aromatic rings. The van der Waals surface area contributed by atoms with Crippen LogP contribution in [-0.2, 0) is 0 Å². The van der Waals surface area contributed by atoms with Crippen LogP contribution >= 0.6 is 0 Å². The van der Waals surface area contributed by atoms with Crippen LogP contribution in [0.15, 0.2) is 24.3 Å². The van der Waals surface area contributed by atoms with Gasteiger partial charge in [-0.3, -0.25) is 0 Å². The molecular weight excluding hydrogens is 140 g/mol. The number of allylic oxidation sites excluding steroid dienone is 2. The van der Waals surface area contributed by atoms with Crippen molar-refractivity contribution in [3.05, 3.63) is 24.3 Å². The van der Waals surface area contributed by atoms with E-state index in [-0.39, 0.29) is 12.7 Å². The third-order valence-electron chi connectivity index (χ3n) is 1.29. The molecule has 2 N–H and O–H groups in total. The fourth-order valence-corrected chi connectivity index (χ4v) is 0.578. The molecule has 0 spiro atoms. The van der Waals surface area contributed by atoms with Crippen LogP contribution in [0.2, 0.25) is 0 Å². The Morgan fingerprint density at radius 1 is 1.36 bits per heavy atom. The van der Waals surface area contributed by atoms with Gasteiger partial charge in [0.05, 0.1) is 6.10 Å². The van der Waals surface area contributed by atoms with Gasteiger partial charge in [0.15, 0.2) is 0 Å². The van der Waals surface area contributed by atoms with E-state index in [0.29, 0.717) is 6.42 Å². The number of aliphatic hydroxyl groups is 2. The molecule has 0 heterocycles. The van der Waals surface area contributed by atoms with Crippen LogP contribution in [0.1, 0.15) is 19.8 Å². The molecule has 0 rings (SSSR count). The van der Waals surface area contributed by atoms with E-state index < -0.39 is 0 Å². The highest BCUT2D eigenvalue weighted by Gasteiger charge is 1.88. The molecule has 1 atom stereocenters. The van der Waals surface area contributed by atoms with Gasteiger partial charge in [-0.25, -0.2) is 0 Å². The first-order chi connectivity index (χ1) is 5.31. The highest BCUT2D eigenvalue weighted by Crippen LogP contribution is 1.92. The Kier molecular flexibility index (Phi) is 7.10. The number of hydrogen-bond donors (Lipinski definition) is 2. The van der Waals surface area contributed by atoms with E-state index in [4.69, 9.17) is 10.2 Å². The van der Waals surface area contributed by atoms with Crippen LogP contribution in [0.3, 0.4) is 0 Å². The Bertz CT molecular complexity index is 128. The van der Waals surface area contributed by atoms with Crippen LogP contribution in [0, 0.1) is 0 Å². The van der Waals surface area contributed by atoms with Crippen LogP contribution in [0.25, 0.3) is 0 Å². The first-order valence-electron chi connectivity index (χ1n) is 3.93. The first kappa shape index (κ1) is 10.4. The second-order valence-electron chi connectivity index (χ2n) is 2.30. The molecular formula is C9H16O2. The van der Waals surface area contributed by atoms with E-state index in [0.717, 1.165) is 6.42 Å². The Morgan fingerprint density at radius 3 is 2.64 bits per heavy atom. The molecule has 11 heavy (non-hydrogen) atoms. The summed E-state index contributed by atoms with van der Waals surface area (Å²) in [6.07, 6.45) is 8.29. The van der Waals surface area contributed by atoms with Gasteiger partial charge >= 0.3 is 0 Å². The average molecular weight is 156 g/mol. The summed E-state index contributed by atoms with van der Waals surface area (Å²) in [6, 6.07) is 0. The second-order valence-corrected chi connectivity index (χ2v) is 2.30. The fraction of sp³-hybridized carbons (Fsp3) is 0.556. The van der Waals surface area contributed by atoms with Gasteiger partial charge in [-0.2, -0.15) is 0 Å². The maximum absolute atomic E-state index is 9.04. The molecule has 0 aliphatic heterocycles. The lowest BCUT2D eigenvalue weighted by molar-refractivity contribution is 0.219. The molecule has 0 aliphatic rings. The Hall–Kier alpha value is -0.600. The van der Waals surface area contributed by atoms with Crippen molar-refractivity contribution in [3.63, 3.8) is 0 Å². The summed E-state index contributed by atoms with van der Waals surface area (Å²) in [5, 5.41) is 17.4. The lowest BCUT2D eigenvalue weighted by atomic mass is 10.2. The van der Waals surface area contributed by atoms with Crippen LogP contribution in [0.4, 0.5) is 0 Å². The van der Waals surface area contributed by atoms with Crippen LogP contribution in [0.5, 0.6) is 0 Å². The van der Waals surface area contributed by atoms with Gasteiger partial charge in [0.2, 0.25) is 0 Å². The van der Waals surface area contributed by atoms with E-state index in [9.17, 15) is 0 Å². The molecule has 2 nitrogen and oxygen atoms in total. The van der Waals surface area contributed by atoms with E-state index in [1.165, 1.54) is 0 Å². The largest absolute Gasteiger partial charge is 0.396 e. The minimum atomic E-state index is -0.339. The Balaban J connectivity index is 3.42. The summed E-state index contributed by atoms with van der Waals surface area (Å²) < 4.78 is 0. The molecule has 0 amide bonds. The van der Waals surface area contributed by atoms with Crippen molar-refractivity contribution >= 4 is 0 Å². The summed E-state index contributed by atoms with van der Waals surface area (Å²) in [5.41, 5.74) is 0. The van der Waals surface area contributed by atoms with Crippen molar-refractivity contribution in [3.8, 4) is 0 Å². The molecule has 0 saturated heterocycles. The predicted octanol–water partition coefficient (Wildman–Crippen LogP) is 1.25. The molecule has 0 fully saturated rings. The zero-order valence-electron chi connectivity index (χ0n) is 6.90. The summed E-state index contributed by atoms with van der Waals surface area (Å²) in [4.78, 5) is 0. The normalized spacial score (nSPS) is 14.8. The van der Waals surface area contributed by atoms with Crippen molar-refractivity contribution in [1.82, 2.24) is 0 Å². The van der Waals surface area contributed by atoms with Gasteiger partial charge in [-0.1, -0.05) is 31.2 Å². The molecule has 0 aromatic heterocycles. The second kappa shape index (κ2) is 7.51. The molecule has 0 saturated carbocycles. The zero-order valence-corrected chi connectivity index (χ0v) is 6.90. The van der Waals surface area contributed by atoms with Gasteiger partial charge in [0.25, 0.3) is 0 Å². The maximum atomic E-state index is 9.04. The zero-order chi connectivity index (χ0) is 8.53. The SMILES string of the molecule is CCC(O)/C=C/C=C/CCO. The van der Waals surface area contributed by atoms with Crippen LogP contribution < -0.4 is 0 Å². The fourth-order valence-electron chi connectivity index (χ4n) is 0.578. The summed E-state index contributed by atoms with van der Waals surface area (Å²) in [6.45, 7) is 2.10. The van der Waals surface area contributed by atoms with E-state index in [1.807, 2.05) is 19.1 Å². The average Bonchev–Trinajstić information content (AvgIpc) is 2.04. The van der Waals surface area contributed by atoms with Crippen molar-refractivity contribution in [1.29, 1.82) is 0 Å².